The van der Waals surface area contributed by atoms with Crippen LogP contribution in [-0.2, 0) is 11.3 Å². The van der Waals surface area contributed by atoms with Gasteiger partial charge in [0, 0.05) is 24.5 Å². The molecule has 1 aromatic heterocycles. The zero-order valence-corrected chi connectivity index (χ0v) is 9.04. The highest BCUT2D eigenvalue weighted by atomic mass is 19.4. The second-order valence-corrected chi connectivity index (χ2v) is 3.47. The Morgan fingerprint density at radius 2 is 2.00 bits per heavy atom. The molecule has 0 spiro atoms. The van der Waals surface area contributed by atoms with E-state index in [1.807, 2.05) is 0 Å². The molecule has 0 aliphatic heterocycles. The Hall–Kier alpha value is -1.50. The van der Waals surface area contributed by atoms with Gasteiger partial charge in [-0.05, 0) is 6.07 Å². The van der Waals surface area contributed by atoms with Gasteiger partial charge in [-0.15, -0.1) is 0 Å². The maximum absolute atomic E-state index is 11.8. The van der Waals surface area contributed by atoms with Crippen LogP contribution in [0.3, 0.4) is 0 Å². The van der Waals surface area contributed by atoms with Crippen LogP contribution in [-0.4, -0.2) is 24.0 Å². The van der Waals surface area contributed by atoms with E-state index in [0.717, 1.165) is 0 Å². The Bertz CT molecular complexity index is 415. The van der Waals surface area contributed by atoms with Crippen molar-refractivity contribution < 1.29 is 17.9 Å². The molecule has 1 aromatic rings. The van der Waals surface area contributed by atoms with Crippen LogP contribution in [0.1, 0.15) is 6.42 Å². The summed E-state index contributed by atoms with van der Waals surface area (Å²) in [4.78, 5) is 11.3. The predicted molar refractivity (Wildman–Crippen MR) is 56.6 cm³/mol. The van der Waals surface area contributed by atoms with Gasteiger partial charge in [0.1, 0.15) is 0 Å². The minimum atomic E-state index is -4.21. The Labute approximate surface area is 95.8 Å². The van der Waals surface area contributed by atoms with Gasteiger partial charge in [0.2, 0.25) is 0 Å². The monoisotopic (exact) mass is 250 g/mol. The third kappa shape index (κ3) is 5.39. The van der Waals surface area contributed by atoms with Gasteiger partial charge in [-0.3, -0.25) is 4.79 Å². The van der Waals surface area contributed by atoms with E-state index < -0.39 is 19.2 Å². The largest absolute Gasteiger partial charge is 0.398 e. The average Bonchev–Trinajstić information content (AvgIpc) is 2.21. The molecule has 0 unspecified atom stereocenters. The standard InChI is InChI=1S/C10H13F3N2O2/c11-10(12,13)3-5-17-6-4-15-7-8(14)1-2-9(15)16/h1-2,7H,3-6,14H2. The molecule has 0 saturated carbocycles. The number of nitrogen functional groups attached to an aromatic ring is 1. The summed E-state index contributed by atoms with van der Waals surface area (Å²) >= 11 is 0. The quantitative estimate of drug-likeness (QED) is 0.803. The zero-order valence-electron chi connectivity index (χ0n) is 9.04. The van der Waals surface area contributed by atoms with Crippen molar-refractivity contribution in [3.05, 3.63) is 28.7 Å². The first-order valence-electron chi connectivity index (χ1n) is 4.99. The third-order valence-corrected chi connectivity index (χ3v) is 2.01. The summed E-state index contributed by atoms with van der Waals surface area (Å²) in [5.41, 5.74) is 5.62. The van der Waals surface area contributed by atoms with Gasteiger partial charge in [-0.25, -0.2) is 0 Å². The van der Waals surface area contributed by atoms with Crippen molar-refractivity contribution >= 4 is 5.69 Å². The summed E-state index contributed by atoms with van der Waals surface area (Å²) < 4.78 is 41.4. The normalized spacial score (nSPS) is 11.7. The van der Waals surface area contributed by atoms with Crippen LogP contribution in [0.4, 0.5) is 18.9 Å². The molecule has 0 fully saturated rings. The van der Waals surface area contributed by atoms with E-state index in [4.69, 9.17) is 10.5 Å². The molecule has 2 N–H and O–H groups in total. The van der Waals surface area contributed by atoms with Gasteiger partial charge in [-0.1, -0.05) is 0 Å². The van der Waals surface area contributed by atoms with Crippen LogP contribution in [0.15, 0.2) is 23.1 Å². The minimum absolute atomic E-state index is 0.0411. The van der Waals surface area contributed by atoms with Crippen LogP contribution in [0.2, 0.25) is 0 Å². The SMILES string of the molecule is Nc1ccc(=O)n(CCOCCC(F)(F)F)c1. The maximum Gasteiger partial charge on any atom is 0.391 e. The highest BCUT2D eigenvalue weighted by molar-refractivity contribution is 5.33. The molecule has 96 valence electrons. The number of alkyl halides is 3. The molecule has 0 radical (unpaired) electrons. The number of halogens is 3. The number of pyridine rings is 1. The lowest BCUT2D eigenvalue weighted by Gasteiger charge is -2.08. The smallest absolute Gasteiger partial charge is 0.391 e. The summed E-state index contributed by atoms with van der Waals surface area (Å²) in [6, 6.07) is 2.76. The van der Waals surface area contributed by atoms with Crippen LogP contribution in [0.25, 0.3) is 0 Å². The van der Waals surface area contributed by atoms with E-state index in [2.05, 4.69) is 0 Å². The van der Waals surface area contributed by atoms with E-state index in [-0.39, 0.29) is 18.7 Å². The summed E-state index contributed by atoms with van der Waals surface area (Å²) in [7, 11) is 0. The van der Waals surface area contributed by atoms with Gasteiger partial charge in [0.25, 0.3) is 5.56 Å². The van der Waals surface area contributed by atoms with Crippen molar-refractivity contribution in [2.24, 2.45) is 0 Å². The Morgan fingerprint density at radius 3 is 2.65 bits per heavy atom. The Morgan fingerprint density at radius 1 is 1.29 bits per heavy atom. The van der Waals surface area contributed by atoms with E-state index in [9.17, 15) is 18.0 Å². The highest BCUT2D eigenvalue weighted by Crippen LogP contribution is 2.18. The van der Waals surface area contributed by atoms with Crippen molar-refractivity contribution in [3.63, 3.8) is 0 Å². The lowest BCUT2D eigenvalue weighted by atomic mass is 10.4. The molecular weight excluding hydrogens is 237 g/mol. The van der Waals surface area contributed by atoms with Gasteiger partial charge in [0.05, 0.1) is 19.6 Å². The summed E-state index contributed by atoms with van der Waals surface area (Å²) in [6.07, 6.45) is -3.78. The molecule has 1 rings (SSSR count). The lowest BCUT2D eigenvalue weighted by Crippen LogP contribution is -2.22. The van der Waals surface area contributed by atoms with E-state index in [0.29, 0.717) is 5.69 Å². The summed E-state index contributed by atoms with van der Waals surface area (Å²) in [5, 5.41) is 0. The molecule has 0 bridgehead atoms. The molecule has 0 aliphatic rings. The Balaban J connectivity index is 2.32. The average molecular weight is 250 g/mol. The second-order valence-electron chi connectivity index (χ2n) is 3.47. The summed E-state index contributed by atoms with van der Waals surface area (Å²) in [5.74, 6) is 0. The van der Waals surface area contributed by atoms with Gasteiger partial charge in [0.15, 0.2) is 0 Å². The van der Waals surface area contributed by atoms with Crippen molar-refractivity contribution in [1.29, 1.82) is 0 Å². The molecular formula is C10H13F3N2O2. The third-order valence-electron chi connectivity index (χ3n) is 2.01. The molecule has 1 heterocycles. The predicted octanol–water partition coefficient (Wildman–Crippen LogP) is 1.40. The fourth-order valence-corrected chi connectivity index (χ4v) is 1.18. The fourth-order valence-electron chi connectivity index (χ4n) is 1.18. The first kappa shape index (κ1) is 13.6. The summed E-state index contributed by atoms with van der Waals surface area (Å²) in [6.45, 7) is -0.179. The van der Waals surface area contributed by atoms with Crippen LogP contribution in [0.5, 0.6) is 0 Å². The van der Waals surface area contributed by atoms with E-state index in [1.165, 1.54) is 22.9 Å². The first-order chi connectivity index (χ1) is 7.88. The van der Waals surface area contributed by atoms with Crippen LogP contribution >= 0.6 is 0 Å². The number of nitrogens with zero attached hydrogens (tertiary/aromatic N) is 1. The highest BCUT2D eigenvalue weighted by Gasteiger charge is 2.26. The number of hydrogen-bond donors (Lipinski definition) is 1. The molecule has 0 saturated heterocycles. The fraction of sp³-hybridized carbons (Fsp3) is 0.500. The Kier molecular flexibility index (Phi) is 4.56. The van der Waals surface area contributed by atoms with Gasteiger partial charge in [-0.2, -0.15) is 13.2 Å². The number of nitrogens with two attached hydrogens (primary N) is 1. The molecule has 0 atom stereocenters. The molecule has 17 heavy (non-hydrogen) atoms. The zero-order chi connectivity index (χ0) is 12.9. The van der Waals surface area contributed by atoms with E-state index in [1.54, 1.807) is 0 Å². The minimum Gasteiger partial charge on any atom is -0.398 e. The molecule has 7 heteroatoms. The maximum atomic E-state index is 11.8. The van der Waals surface area contributed by atoms with Crippen LogP contribution in [0, 0.1) is 0 Å². The number of anilines is 1. The number of ether oxygens (including phenoxy) is 1. The topological polar surface area (TPSA) is 57.2 Å². The first-order valence-corrected chi connectivity index (χ1v) is 4.99. The van der Waals surface area contributed by atoms with E-state index >= 15 is 0 Å². The second kappa shape index (κ2) is 5.72. The lowest BCUT2D eigenvalue weighted by molar-refractivity contribution is -0.145. The molecule has 0 aromatic carbocycles. The number of rotatable bonds is 5. The molecule has 0 aliphatic carbocycles. The van der Waals surface area contributed by atoms with Crippen molar-refractivity contribution in [2.75, 3.05) is 18.9 Å². The van der Waals surface area contributed by atoms with Crippen molar-refractivity contribution in [3.8, 4) is 0 Å². The van der Waals surface area contributed by atoms with Gasteiger partial charge < -0.3 is 15.0 Å². The van der Waals surface area contributed by atoms with Crippen LogP contribution < -0.4 is 11.3 Å². The number of aromatic nitrogens is 1. The van der Waals surface area contributed by atoms with Gasteiger partial charge >= 0.3 is 6.18 Å². The number of hydrogen-bond acceptors (Lipinski definition) is 3. The van der Waals surface area contributed by atoms with Crippen molar-refractivity contribution in [1.82, 2.24) is 4.57 Å². The van der Waals surface area contributed by atoms with Crippen molar-refractivity contribution in [2.45, 2.75) is 19.1 Å². The molecule has 0 amide bonds. The molecule has 4 nitrogen and oxygen atoms in total.